The molecule has 1 aromatic heterocycles. The summed E-state index contributed by atoms with van der Waals surface area (Å²) in [5, 5.41) is 15.5. The predicted octanol–water partition coefficient (Wildman–Crippen LogP) is 2.80. The lowest BCUT2D eigenvalue weighted by atomic mass is 10.1. The van der Waals surface area contributed by atoms with Crippen LogP contribution in [0.15, 0.2) is 59.5 Å². The van der Waals surface area contributed by atoms with Gasteiger partial charge in [-0.2, -0.15) is 5.10 Å². The van der Waals surface area contributed by atoms with Gasteiger partial charge in [0.25, 0.3) is 5.91 Å². The second kappa shape index (κ2) is 11.0. The number of hydrogen-bond donors (Lipinski definition) is 2. The first-order valence-electron chi connectivity index (χ1n) is 11.2. The molecule has 0 aliphatic rings. The third-order valence-corrected chi connectivity index (χ3v) is 7.55. The van der Waals surface area contributed by atoms with Crippen molar-refractivity contribution in [3.05, 3.63) is 71.7 Å². The first-order chi connectivity index (χ1) is 16.9. The van der Waals surface area contributed by atoms with Crippen LogP contribution in [0, 0.1) is 5.82 Å². The van der Waals surface area contributed by atoms with Gasteiger partial charge in [-0.15, -0.1) is 0 Å². The van der Waals surface area contributed by atoms with Crippen LogP contribution >= 0.6 is 0 Å². The fourth-order valence-corrected chi connectivity index (χ4v) is 4.69. The van der Waals surface area contributed by atoms with E-state index in [1.807, 2.05) is 0 Å². The molecule has 2 aromatic carbocycles. The van der Waals surface area contributed by atoms with Gasteiger partial charge >= 0.3 is 5.97 Å². The molecule has 2 unspecified atom stereocenters. The summed E-state index contributed by atoms with van der Waals surface area (Å²) in [4.78, 5) is 24.9. The Labute approximate surface area is 208 Å². The van der Waals surface area contributed by atoms with Crippen molar-refractivity contribution in [3.63, 3.8) is 0 Å². The lowest BCUT2D eigenvalue weighted by molar-refractivity contribution is -0.146. The molecule has 0 spiro atoms. The molecule has 0 saturated heterocycles. The molecule has 9 nitrogen and oxygen atoms in total. The van der Waals surface area contributed by atoms with Gasteiger partial charge in [0.2, 0.25) is 0 Å². The predicted molar refractivity (Wildman–Crippen MR) is 130 cm³/mol. The van der Waals surface area contributed by atoms with Crippen LogP contribution in [0.5, 0.6) is 0 Å². The molecule has 3 rings (SSSR count). The number of benzene rings is 2. The van der Waals surface area contributed by atoms with Crippen LogP contribution in [-0.2, 0) is 26.4 Å². The van der Waals surface area contributed by atoms with Crippen LogP contribution < -0.4 is 5.32 Å². The molecule has 0 saturated carbocycles. The lowest BCUT2D eigenvalue weighted by Gasteiger charge is -2.18. The Balaban J connectivity index is 1.76. The van der Waals surface area contributed by atoms with E-state index >= 15 is 0 Å². The minimum absolute atomic E-state index is 0.0851. The van der Waals surface area contributed by atoms with Crippen molar-refractivity contribution in [1.82, 2.24) is 15.1 Å². The van der Waals surface area contributed by atoms with Crippen LogP contribution in [-0.4, -0.2) is 53.1 Å². The van der Waals surface area contributed by atoms with Crippen LogP contribution in [0.2, 0.25) is 0 Å². The second-order valence-corrected chi connectivity index (χ2v) is 10.8. The number of nitrogens with one attached hydrogen (secondary N) is 1. The first kappa shape index (κ1) is 27.0. The molecule has 3 aromatic rings. The van der Waals surface area contributed by atoms with Crippen LogP contribution in [0.3, 0.4) is 0 Å². The molecule has 11 heteroatoms. The van der Waals surface area contributed by atoms with E-state index in [0.29, 0.717) is 16.8 Å². The topological polar surface area (TPSA) is 128 Å². The van der Waals surface area contributed by atoms with Gasteiger partial charge in [-0.25, -0.2) is 12.8 Å². The van der Waals surface area contributed by atoms with Crippen molar-refractivity contribution in [3.8, 4) is 11.3 Å². The number of nitrogens with zero attached hydrogens (tertiary/aromatic N) is 2. The SMILES string of the molecule is CC(C)OC(=O)C(C)S(=O)(=O)c1ccc(C(CO)NC(=O)c2cc(-c3ccc(F)cc3)nn2C)cc1. The van der Waals surface area contributed by atoms with Crippen LogP contribution in [0.25, 0.3) is 11.3 Å². The smallest absolute Gasteiger partial charge is 0.324 e. The van der Waals surface area contributed by atoms with Crippen LogP contribution in [0.1, 0.15) is 42.9 Å². The third kappa shape index (κ3) is 5.97. The normalized spacial score (nSPS) is 13.3. The Hall–Kier alpha value is -3.57. The fraction of sp³-hybridized carbons (Fsp3) is 0.320. The highest BCUT2D eigenvalue weighted by molar-refractivity contribution is 7.92. The number of carbonyl (C=O) groups excluding carboxylic acids is 2. The molecule has 1 amide bonds. The van der Waals surface area contributed by atoms with E-state index in [2.05, 4.69) is 10.4 Å². The second-order valence-electron chi connectivity index (χ2n) is 8.50. The number of aliphatic hydroxyl groups is 1. The van der Waals surface area contributed by atoms with Gasteiger partial charge in [0, 0.05) is 12.6 Å². The summed E-state index contributed by atoms with van der Waals surface area (Å²) in [7, 11) is -2.41. The van der Waals surface area contributed by atoms with Gasteiger partial charge in [0.05, 0.1) is 29.3 Å². The number of esters is 1. The minimum atomic E-state index is -3.99. The maximum absolute atomic E-state index is 13.2. The molecular weight excluding hydrogens is 489 g/mol. The molecule has 2 atom stereocenters. The average molecular weight is 518 g/mol. The highest BCUT2D eigenvalue weighted by atomic mass is 32.2. The zero-order valence-electron chi connectivity index (χ0n) is 20.3. The quantitative estimate of drug-likeness (QED) is 0.418. The molecule has 0 radical (unpaired) electrons. The highest BCUT2D eigenvalue weighted by Crippen LogP contribution is 2.23. The van der Waals surface area contributed by atoms with Crippen LogP contribution in [0.4, 0.5) is 4.39 Å². The van der Waals surface area contributed by atoms with Gasteiger partial charge in [-0.05, 0) is 68.8 Å². The van der Waals surface area contributed by atoms with Crippen molar-refractivity contribution in [1.29, 1.82) is 0 Å². The number of aromatic nitrogens is 2. The van der Waals surface area contributed by atoms with Crippen molar-refractivity contribution >= 4 is 21.7 Å². The number of sulfone groups is 1. The lowest BCUT2D eigenvalue weighted by Crippen LogP contribution is -2.32. The molecule has 192 valence electrons. The Morgan fingerprint density at radius 1 is 1.08 bits per heavy atom. The first-order valence-corrected chi connectivity index (χ1v) is 12.7. The minimum Gasteiger partial charge on any atom is -0.462 e. The van der Waals surface area contributed by atoms with Crippen molar-refractivity contribution in [2.75, 3.05) is 6.61 Å². The summed E-state index contributed by atoms with van der Waals surface area (Å²) < 4.78 is 45.2. The van der Waals surface area contributed by atoms with E-state index in [4.69, 9.17) is 4.74 Å². The van der Waals surface area contributed by atoms with Gasteiger partial charge in [-0.3, -0.25) is 14.3 Å². The zero-order chi connectivity index (χ0) is 26.6. The van der Waals surface area contributed by atoms with Gasteiger partial charge in [0.1, 0.15) is 11.5 Å². The number of amides is 1. The number of ether oxygens (including phenoxy) is 1. The number of halogens is 1. The summed E-state index contributed by atoms with van der Waals surface area (Å²) in [5.74, 6) is -1.74. The van der Waals surface area contributed by atoms with Crippen molar-refractivity contribution < 1.29 is 32.2 Å². The van der Waals surface area contributed by atoms with Gasteiger partial charge < -0.3 is 15.2 Å². The Kier molecular flexibility index (Phi) is 8.26. The number of aliphatic hydroxyl groups excluding tert-OH is 1. The van der Waals surface area contributed by atoms with Crippen molar-refractivity contribution in [2.24, 2.45) is 7.05 Å². The highest BCUT2D eigenvalue weighted by Gasteiger charge is 2.32. The average Bonchev–Trinajstić information content (AvgIpc) is 3.23. The van der Waals surface area contributed by atoms with E-state index < -0.39 is 45.7 Å². The molecule has 0 aliphatic carbocycles. The Bertz CT molecular complexity index is 1340. The van der Waals surface area contributed by atoms with E-state index in [1.165, 1.54) is 48.0 Å². The van der Waals surface area contributed by atoms with E-state index in [0.717, 1.165) is 0 Å². The number of carbonyl (C=O) groups is 2. The van der Waals surface area contributed by atoms with E-state index in [1.54, 1.807) is 39.1 Å². The zero-order valence-corrected chi connectivity index (χ0v) is 21.1. The van der Waals surface area contributed by atoms with E-state index in [-0.39, 0.29) is 16.4 Å². The van der Waals surface area contributed by atoms with Gasteiger partial charge in [0.15, 0.2) is 15.1 Å². The largest absolute Gasteiger partial charge is 0.462 e. The molecule has 0 aliphatic heterocycles. The molecule has 0 fully saturated rings. The molecular formula is C25H28FN3O6S. The maximum atomic E-state index is 13.2. The fourth-order valence-electron chi connectivity index (χ4n) is 3.46. The number of rotatable bonds is 9. The molecule has 36 heavy (non-hydrogen) atoms. The Morgan fingerprint density at radius 3 is 2.25 bits per heavy atom. The molecule has 1 heterocycles. The summed E-state index contributed by atoms with van der Waals surface area (Å²) in [6, 6.07) is 12.0. The number of hydrogen-bond acceptors (Lipinski definition) is 7. The molecule has 2 N–H and O–H groups in total. The summed E-state index contributed by atoms with van der Waals surface area (Å²) in [5.41, 5.74) is 1.78. The number of aryl methyl sites for hydroxylation is 1. The summed E-state index contributed by atoms with van der Waals surface area (Å²) in [6.45, 7) is 4.07. The third-order valence-electron chi connectivity index (χ3n) is 5.50. The van der Waals surface area contributed by atoms with Crippen molar-refractivity contribution in [2.45, 2.75) is 43.1 Å². The standard InChI is InChI=1S/C25H28FN3O6S/c1-15(2)35-25(32)16(3)36(33,34)20-11-7-18(8-12-20)22(14-30)27-24(31)23-13-21(28-29(23)4)17-5-9-19(26)10-6-17/h5-13,15-16,22,30H,14H2,1-4H3,(H,27,31). The van der Waals surface area contributed by atoms with E-state index in [9.17, 15) is 27.5 Å². The monoisotopic (exact) mass is 517 g/mol. The maximum Gasteiger partial charge on any atom is 0.324 e. The molecule has 0 bridgehead atoms. The Morgan fingerprint density at radius 2 is 1.69 bits per heavy atom. The van der Waals surface area contributed by atoms with Gasteiger partial charge in [-0.1, -0.05) is 12.1 Å². The summed E-state index contributed by atoms with van der Waals surface area (Å²) in [6.07, 6.45) is -0.447. The summed E-state index contributed by atoms with van der Waals surface area (Å²) >= 11 is 0.